The number of nitrogens with one attached hydrogen (secondary N) is 2. The molecule has 1 amide bonds. The van der Waals surface area contributed by atoms with Gasteiger partial charge < -0.3 is 10.3 Å². The van der Waals surface area contributed by atoms with E-state index in [1.54, 1.807) is 11.9 Å². The molecule has 30 heavy (non-hydrogen) atoms. The molecule has 2 N–H and O–H groups in total. The van der Waals surface area contributed by atoms with Gasteiger partial charge in [-0.25, -0.2) is 4.98 Å². The summed E-state index contributed by atoms with van der Waals surface area (Å²) in [5, 5.41) is 3.35. The summed E-state index contributed by atoms with van der Waals surface area (Å²) in [5.41, 5.74) is 2.82. The summed E-state index contributed by atoms with van der Waals surface area (Å²) in [5.74, 6) is 1.33. The first-order valence-electron chi connectivity index (χ1n) is 11.8. The largest absolute Gasteiger partial charge is 0.353 e. The van der Waals surface area contributed by atoms with Crippen LogP contribution in [-0.2, 0) is 11.2 Å². The van der Waals surface area contributed by atoms with Crippen LogP contribution < -0.4 is 5.32 Å². The molecule has 0 bridgehead atoms. The number of fused-ring (bicyclic) bond motifs is 3. The number of hydrogen-bond acceptors (Lipinski definition) is 2. The molecular formula is C26H39N3O. The molecule has 2 saturated carbocycles. The number of aromatic nitrogens is 2. The van der Waals surface area contributed by atoms with E-state index in [0.717, 1.165) is 37.8 Å². The van der Waals surface area contributed by atoms with Gasteiger partial charge in [0, 0.05) is 24.4 Å². The predicted molar refractivity (Wildman–Crippen MR) is 122 cm³/mol. The van der Waals surface area contributed by atoms with E-state index in [2.05, 4.69) is 61.7 Å². The maximum Gasteiger partial charge on any atom is 0.226 e. The van der Waals surface area contributed by atoms with Gasteiger partial charge in [-0.2, -0.15) is 0 Å². The third-order valence-electron chi connectivity index (χ3n) is 8.80. The molecular weight excluding hydrogens is 370 g/mol. The topological polar surface area (TPSA) is 57.8 Å². The Hall–Kier alpha value is -1.84. The average molecular weight is 410 g/mol. The Morgan fingerprint density at radius 1 is 1.37 bits per heavy atom. The summed E-state index contributed by atoms with van der Waals surface area (Å²) in [7, 11) is 0. The fourth-order valence-electron chi connectivity index (χ4n) is 7.05. The van der Waals surface area contributed by atoms with Crippen LogP contribution in [0.25, 0.3) is 0 Å². The second kappa shape index (κ2) is 7.69. The summed E-state index contributed by atoms with van der Waals surface area (Å²) < 4.78 is 0. The Morgan fingerprint density at radius 3 is 2.87 bits per heavy atom. The zero-order valence-corrected chi connectivity index (χ0v) is 19.3. The van der Waals surface area contributed by atoms with E-state index in [0.29, 0.717) is 11.8 Å². The molecule has 0 saturated heterocycles. The molecule has 1 heterocycles. The molecule has 4 rings (SSSR count). The molecule has 164 valence electrons. The van der Waals surface area contributed by atoms with Gasteiger partial charge in [-0.1, -0.05) is 44.9 Å². The molecule has 0 aliphatic heterocycles. The normalized spacial score (nSPS) is 39.3. The molecule has 1 aromatic heterocycles. The van der Waals surface area contributed by atoms with E-state index < -0.39 is 0 Å². The first-order valence-corrected chi connectivity index (χ1v) is 11.8. The number of imidazole rings is 1. The van der Waals surface area contributed by atoms with Gasteiger partial charge >= 0.3 is 0 Å². The van der Waals surface area contributed by atoms with Crippen LogP contribution in [-0.4, -0.2) is 21.9 Å². The zero-order valence-electron chi connectivity index (χ0n) is 19.3. The first-order chi connectivity index (χ1) is 14.2. The van der Waals surface area contributed by atoms with Crippen molar-refractivity contribution in [2.75, 3.05) is 0 Å². The number of amides is 1. The van der Waals surface area contributed by atoms with Crippen molar-refractivity contribution in [1.29, 1.82) is 0 Å². The maximum atomic E-state index is 13.6. The minimum atomic E-state index is -0.291. The Kier molecular flexibility index (Phi) is 5.48. The molecule has 6 atom stereocenters. The Balaban J connectivity index is 1.54. The van der Waals surface area contributed by atoms with Crippen LogP contribution in [0.4, 0.5) is 0 Å². The van der Waals surface area contributed by atoms with E-state index in [-0.39, 0.29) is 28.2 Å². The highest BCUT2D eigenvalue weighted by molar-refractivity contribution is 5.83. The van der Waals surface area contributed by atoms with Crippen molar-refractivity contribution < 1.29 is 4.79 Å². The number of carbonyl (C=O) groups is 1. The molecule has 0 spiro atoms. The highest BCUT2D eigenvalue weighted by Crippen LogP contribution is 2.63. The number of carbonyl (C=O) groups excluding carboxylic acids is 1. The molecule has 2 unspecified atom stereocenters. The van der Waals surface area contributed by atoms with Gasteiger partial charge in [-0.05, 0) is 68.1 Å². The SMILES string of the molecule is C=C[C@@]1(C)CC=C2C(CCC3[C@](C)(C(=O)N[C@H](C)Cc4cnc[nH]4)CCC[C@@]23C)C1. The Bertz CT molecular complexity index is 827. The number of aromatic amines is 1. The monoisotopic (exact) mass is 409 g/mol. The van der Waals surface area contributed by atoms with Gasteiger partial charge in [0.05, 0.1) is 11.7 Å². The molecule has 0 aromatic carbocycles. The number of nitrogens with zero attached hydrogens (tertiary/aromatic N) is 1. The quantitative estimate of drug-likeness (QED) is 0.623. The van der Waals surface area contributed by atoms with Crippen LogP contribution in [0.15, 0.2) is 36.8 Å². The summed E-state index contributed by atoms with van der Waals surface area (Å²) >= 11 is 0. The Morgan fingerprint density at radius 2 is 2.17 bits per heavy atom. The highest BCUT2D eigenvalue weighted by atomic mass is 16.2. The predicted octanol–water partition coefficient (Wildman–Crippen LogP) is 5.59. The van der Waals surface area contributed by atoms with Crippen LogP contribution in [0.5, 0.6) is 0 Å². The third-order valence-corrected chi connectivity index (χ3v) is 8.80. The number of rotatable bonds is 5. The molecule has 4 nitrogen and oxygen atoms in total. The third kappa shape index (κ3) is 3.56. The van der Waals surface area contributed by atoms with Gasteiger partial charge in [0.25, 0.3) is 0 Å². The van der Waals surface area contributed by atoms with E-state index in [4.69, 9.17) is 0 Å². The van der Waals surface area contributed by atoms with Crippen molar-refractivity contribution in [3.8, 4) is 0 Å². The Labute approximate surface area is 182 Å². The van der Waals surface area contributed by atoms with Gasteiger partial charge in [0.15, 0.2) is 0 Å². The van der Waals surface area contributed by atoms with E-state index in [1.807, 2.05) is 6.20 Å². The summed E-state index contributed by atoms with van der Waals surface area (Å²) in [6, 6.07) is 0.0986. The minimum Gasteiger partial charge on any atom is -0.353 e. The van der Waals surface area contributed by atoms with Crippen molar-refractivity contribution in [3.05, 3.63) is 42.5 Å². The molecule has 3 aliphatic carbocycles. The van der Waals surface area contributed by atoms with Gasteiger partial charge in [0.2, 0.25) is 5.91 Å². The van der Waals surface area contributed by atoms with Gasteiger partial charge in [0.1, 0.15) is 0 Å². The van der Waals surface area contributed by atoms with Gasteiger partial charge in [-0.3, -0.25) is 4.79 Å². The lowest BCUT2D eigenvalue weighted by Crippen LogP contribution is -2.56. The standard InChI is InChI=1S/C26H39N3O/c1-6-24(3)13-10-21-19(15-24)8-9-22-25(21,4)11-7-12-26(22,5)23(30)29-18(2)14-20-16-27-17-28-20/h6,10,16-19,22H,1,7-9,11-15H2,2-5H3,(H,27,28)(H,29,30)/t18-,19?,22?,24+,25+,26-/m1/s1. The molecule has 2 fully saturated rings. The van der Waals surface area contributed by atoms with Crippen LogP contribution >= 0.6 is 0 Å². The fraction of sp³-hybridized carbons (Fsp3) is 0.692. The average Bonchev–Trinajstić information content (AvgIpc) is 3.20. The second-order valence-corrected chi connectivity index (χ2v) is 11.1. The van der Waals surface area contributed by atoms with Crippen molar-refractivity contribution in [3.63, 3.8) is 0 Å². The minimum absolute atomic E-state index is 0.0986. The summed E-state index contributed by atoms with van der Waals surface area (Å²) in [4.78, 5) is 20.8. The van der Waals surface area contributed by atoms with Crippen molar-refractivity contribution in [2.24, 2.45) is 28.1 Å². The molecule has 1 aromatic rings. The van der Waals surface area contributed by atoms with E-state index >= 15 is 0 Å². The van der Waals surface area contributed by atoms with E-state index in [1.165, 1.54) is 19.3 Å². The van der Waals surface area contributed by atoms with Gasteiger partial charge in [-0.15, -0.1) is 6.58 Å². The summed E-state index contributed by atoms with van der Waals surface area (Å²) in [6.45, 7) is 13.3. The van der Waals surface area contributed by atoms with Crippen molar-refractivity contribution in [2.45, 2.75) is 85.1 Å². The first kappa shape index (κ1) is 21.4. The second-order valence-electron chi connectivity index (χ2n) is 11.1. The van der Waals surface area contributed by atoms with Crippen molar-refractivity contribution >= 4 is 5.91 Å². The molecule has 4 heteroatoms. The van der Waals surface area contributed by atoms with Crippen LogP contribution in [0, 0.1) is 28.1 Å². The summed E-state index contributed by atoms with van der Waals surface area (Å²) in [6.07, 6.45) is 17.1. The van der Waals surface area contributed by atoms with Crippen molar-refractivity contribution in [1.82, 2.24) is 15.3 Å². The fourth-order valence-corrected chi connectivity index (χ4v) is 7.05. The van der Waals surface area contributed by atoms with Crippen LogP contribution in [0.3, 0.4) is 0 Å². The zero-order chi connectivity index (χ0) is 21.6. The molecule has 0 radical (unpaired) electrons. The van der Waals surface area contributed by atoms with Crippen LogP contribution in [0.2, 0.25) is 0 Å². The molecule has 3 aliphatic rings. The smallest absolute Gasteiger partial charge is 0.226 e. The maximum absolute atomic E-state index is 13.6. The number of hydrogen-bond donors (Lipinski definition) is 2. The van der Waals surface area contributed by atoms with E-state index in [9.17, 15) is 4.79 Å². The lowest BCUT2D eigenvalue weighted by Gasteiger charge is -2.58. The lowest BCUT2D eigenvalue weighted by atomic mass is 9.46. The highest BCUT2D eigenvalue weighted by Gasteiger charge is 2.57. The number of H-pyrrole nitrogens is 1. The lowest BCUT2D eigenvalue weighted by molar-refractivity contribution is -0.142. The number of allylic oxidation sites excluding steroid dienone is 3. The van der Waals surface area contributed by atoms with Crippen LogP contribution in [0.1, 0.15) is 78.3 Å².